The highest BCUT2D eigenvalue weighted by atomic mass is 16.2. The van der Waals surface area contributed by atoms with E-state index in [9.17, 15) is 4.79 Å². The van der Waals surface area contributed by atoms with Crippen molar-refractivity contribution in [1.82, 2.24) is 5.43 Å². The van der Waals surface area contributed by atoms with Crippen LogP contribution in [0.2, 0.25) is 0 Å². The number of nitrogens with two attached hydrogens (primary N) is 3. The molecule has 0 aromatic rings. The lowest BCUT2D eigenvalue weighted by atomic mass is 9.80. The van der Waals surface area contributed by atoms with Crippen molar-refractivity contribution in [2.24, 2.45) is 29.1 Å². The second-order valence-electron chi connectivity index (χ2n) is 4.11. The predicted molar refractivity (Wildman–Crippen MR) is 63.4 cm³/mol. The van der Waals surface area contributed by atoms with Gasteiger partial charge in [-0.05, 0) is 50.0 Å². The van der Waals surface area contributed by atoms with Crippen LogP contribution < -0.4 is 22.7 Å². The molecule has 1 aliphatic carbocycles. The van der Waals surface area contributed by atoms with Gasteiger partial charge in [-0.15, -0.1) is 0 Å². The van der Waals surface area contributed by atoms with Crippen LogP contribution >= 0.6 is 0 Å². The zero-order valence-electron chi connectivity index (χ0n) is 9.36. The van der Waals surface area contributed by atoms with Crippen LogP contribution in [0.5, 0.6) is 0 Å². The molecule has 0 saturated heterocycles. The molecule has 1 rings (SSSR count). The van der Waals surface area contributed by atoms with E-state index < -0.39 is 0 Å². The summed E-state index contributed by atoms with van der Waals surface area (Å²) in [7, 11) is 0. The molecule has 5 nitrogen and oxygen atoms in total. The van der Waals surface area contributed by atoms with Crippen molar-refractivity contribution < 1.29 is 4.79 Å². The smallest absolute Gasteiger partial charge is 0.236 e. The van der Waals surface area contributed by atoms with Gasteiger partial charge >= 0.3 is 0 Å². The van der Waals surface area contributed by atoms with Crippen LogP contribution in [0.1, 0.15) is 25.7 Å². The Morgan fingerprint density at radius 1 is 1.19 bits per heavy atom. The molecule has 1 aliphatic rings. The molecule has 7 N–H and O–H groups in total. The average molecular weight is 224 g/mol. The van der Waals surface area contributed by atoms with Gasteiger partial charge in [0, 0.05) is 11.6 Å². The molecule has 0 spiro atoms. The zero-order chi connectivity index (χ0) is 12.0. The Labute approximate surface area is 95.7 Å². The summed E-state index contributed by atoms with van der Waals surface area (Å²) in [6, 6.07) is 0. The van der Waals surface area contributed by atoms with E-state index in [1.165, 1.54) is 6.20 Å². The summed E-state index contributed by atoms with van der Waals surface area (Å²) in [5, 5.41) is 0. The van der Waals surface area contributed by atoms with Crippen LogP contribution in [0.4, 0.5) is 0 Å². The van der Waals surface area contributed by atoms with Crippen LogP contribution in [0.15, 0.2) is 24.0 Å². The second-order valence-corrected chi connectivity index (χ2v) is 4.11. The standard InChI is InChI=1S/C11H20N4O/c12-7-1-2-10(13)8-3-5-9(6-4-8)11(16)15-14/h1-2,7-9H,3-6,12-14H2,(H,15,16)/b7-1-,10-2-. The first-order chi connectivity index (χ1) is 7.69. The van der Waals surface area contributed by atoms with E-state index in [4.69, 9.17) is 17.3 Å². The van der Waals surface area contributed by atoms with E-state index >= 15 is 0 Å². The molecule has 0 aliphatic heterocycles. The van der Waals surface area contributed by atoms with E-state index in [1.54, 1.807) is 6.08 Å². The molecule has 0 bridgehead atoms. The molecule has 0 radical (unpaired) electrons. The molecule has 1 saturated carbocycles. The Morgan fingerprint density at radius 3 is 2.25 bits per heavy atom. The van der Waals surface area contributed by atoms with Crippen LogP contribution in [-0.2, 0) is 4.79 Å². The Balaban J connectivity index is 2.45. The summed E-state index contributed by atoms with van der Waals surface area (Å²) >= 11 is 0. The number of rotatable bonds is 3. The molecule has 1 amide bonds. The fourth-order valence-corrected chi connectivity index (χ4v) is 2.11. The van der Waals surface area contributed by atoms with Gasteiger partial charge in [-0.25, -0.2) is 5.84 Å². The summed E-state index contributed by atoms with van der Waals surface area (Å²) in [6.45, 7) is 0. The first kappa shape index (κ1) is 12.6. The number of hydrogen-bond donors (Lipinski definition) is 4. The quantitative estimate of drug-likeness (QED) is 0.236. The number of hydrazine groups is 1. The third-order valence-electron chi connectivity index (χ3n) is 3.11. The Morgan fingerprint density at radius 2 is 1.75 bits per heavy atom. The normalized spacial score (nSPS) is 26.9. The highest BCUT2D eigenvalue weighted by Crippen LogP contribution is 2.31. The number of nitrogens with one attached hydrogen (secondary N) is 1. The van der Waals surface area contributed by atoms with Crippen LogP contribution in [0, 0.1) is 11.8 Å². The fraction of sp³-hybridized carbons (Fsp3) is 0.545. The summed E-state index contributed by atoms with van der Waals surface area (Å²) in [5.41, 5.74) is 14.2. The average Bonchev–Trinajstić information content (AvgIpc) is 2.35. The van der Waals surface area contributed by atoms with Gasteiger partial charge in [0.1, 0.15) is 0 Å². The van der Waals surface area contributed by atoms with Crippen molar-refractivity contribution in [3.05, 3.63) is 24.0 Å². The fourth-order valence-electron chi connectivity index (χ4n) is 2.11. The molecule has 0 unspecified atom stereocenters. The minimum absolute atomic E-state index is 0.0408. The Bertz CT molecular complexity index is 290. The molecule has 0 aromatic carbocycles. The van der Waals surface area contributed by atoms with E-state index in [1.807, 2.05) is 6.08 Å². The van der Waals surface area contributed by atoms with Crippen LogP contribution in [0.25, 0.3) is 0 Å². The third-order valence-corrected chi connectivity index (χ3v) is 3.11. The maximum atomic E-state index is 11.3. The van der Waals surface area contributed by atoms with Crippen molar-refractivity contribution in [3.63, 3.8) is 0 Å². The molecule has 1 fully saturated rings. The highest BCUT2D eigenvalue weighted by molar-refractivity contribution is 5.78. The number of carbonyl (C=O) groups excluding carboxylic acids is 1. The van der Waals surface area contributed by atoms with Crippen molar-refractivity contribution in [3.8, 4) is 0 Å². The van der Waals surface area contributed by atoms with Gasteiger partial charge < -0.3 is 11.5 Å². The SMILES string of the molecule is N/C=C\C=C(/N)C1CCC(C(=O)NN)CC1. The summed E-state index contributed by atoms with van der Waals surface area (Å²) in [5.74, 6) is 5.44. The Kier molecular flexibility index (Phi) is 4.85. The monoisotopic (exact) mass is 224 g/mol. The topological polar surface area (TPSA) is 107 Å². The summed E-state index contributed by atoms with van der Waals surface area (Å²) in [6.07, 6.45) is 8.56. The lowest BCUT2D eigenvalue weighted by molar-refractivity contribution is -0.126. The second kappa shape index (κ2) is 6.17. The van der Waals surface area contributed by atoms with Gasteiger partial charge in [0.25, 0.3) is 0 Å². The highest BCUT2D eigenvalue weighted by Gasteiger charge is 2.26. The number of hydrogen-bond acceptors (Lipinski definition) is 4. The molecule has 90 valence electrons. The minimum atomic E-state index is -0.0668. The zero-order valence-corrected chi connectivity index (χ0v) is 9.36. The van der Waals surface area contributed by atoms with Crippen LogP contribution in [0.3, 0.4) is 0 Å². The van der Waals surface area contributed by atoms with Crippen molar-refractivity contribution in [1.29, 1.82) is 0 Å². The first-order valence-corrected chi connectivity index (χ1v) is 5.53. The van der Waals surface area contributed by atoms with Crippen LogP contribution in [-0.4, -0.2) is 5.91 Å². The lowest BCUT2D eigenvalue weighted by Gasteiger charge is -2.27. The van der Waals surface area contributed by atoms with E-state index in [2.05, 4.69) is 5.43 Å². The van der Waals surface area contributed by atoms with Gasteiger partial charge in [0.05, 0.1) is 0 Å². The molecule has 0 aromatic heterocycles. The summed E-state index contributed by atoms with van der Waals surface area (Å²) in [4.78, 5) is 11.3. The molecular formula is C11H20N4O. The third kappa shape index (κ3) is 3.27. The molecular weight excluding hydrogens is 204 g/mol. The molecule has 0 heterocycles. The maximum Gasteiger partial charge on any atom is 0.236 e. The van der Waals surface area contributed by atoms with Gasteiger partial charge in [-0.1, -0.05) is 0 Å². The van der Waals surface area contributed by atoms with E-state index in [0.29, 0.717) is 5.92 Å². The van der Waals surface area contributed by atoms with Crippen molar-refractivity contribution in [2.75, 3.05) is 0 Å². The molecule has 5 heteroatoms. The van der Waals surface area contributed by atoms with E-state index in [-0.39, 0.29) is 11.8 Å². The van der Waals surface area contributed by atoms with Crippen molar-refractivity contribution >= 4 is 5.91 Å². The number of allylic oxidation sites excluding steroid dienone is 3. The van der Waals surface area contributed by atoms with E-state index in [0.717, 1.165) is 31.4 Å². The largest absolute Gasteiger partial charge is 0.405 e. The number of carbonyl (C=O) groups is 1. The first-order valence-electron chi connectivity index (χ1n) is 5.53. The molecule has 16 heavy (non-hydrogen) atoms. The van der Waals surface area contributed by atoms with Gasteiger partial charge in [-0.2, -0.15) is 0 Å². The van der Waals surface area contributed by atoms with Crippen molar-refractivity contribution in [2.45, 2.75) is 25.7 Å². The van der Waals surface area contributed by atoms with Gasteiger partial charge in [0.2, 0.25) is 5.91 Å². The maximum absolute atomic E-state index is 11.3. The minimum Gasteiger partial charge on any atom is -0.405 e. The summed E-state index contributed by atoms with van der Waals surface area (Å²) < 4.78 is 0. The Hall–Kier alpha value is -1.49. The van der Waals surface area contributed by atoms with Gasteiger partial charge in [-0.3, -0.25) is 10.2 Å². The lowest BCUT2D eigenvalue weighted by Crippen LogP contribution is -2.37. The number of amides is 1. The predicted octanol–water partition coefficient (Wildman–Crippen LogP) is 0.0977. The van der Waals surface area contributed by atoms with Gasteiger partial charge in [0.15, 0.2) is 0 Å². The molecule has 0 atom stereocenters.